The molecule has 0 saturated heterocycles. The van der Waals surface area contributed by atoms with Gasteiger partial charge in [-0.15, -0.1) is 0 Å². The Morgan fingerprint density at radius 1 is 0.300 bits per heavy atom. The predicted octanol–water partition coefficient (Wildman–Crippen LogP) is 16.2. The molecule has 10 rings (SSSR count). The molecular formula is C58H42N2. The molecule has 2 nitrogen and oxygen atoms in total. The van der Waals surface area contributed by atoms with E-state index in [1.807, 2.05) is 0 Å². The van der Waals surface area contributed by atoms with Crippen LogP contribution in [0.5, 0.6) is 0 Å². The van der Waals surface area contributed by atoms with Gasteiger partial charge in [-0.25, -0.2) is 0 Å². The highest BCUT2D eigenvalue weighted by atomic mass is 15.2. The van der Waals surface area contributed by atoms with E-state index in [1.165, 1.54) is 49.4 Å². The Kier molecular flexibility index (Phi) is 10.0. The summed E-state index contributed by atoms with van der Waals surface area (Å²) in [6.07, 6.45) is 2.29. The maximum Gasteiger partial charge on any atom is 0.0463 e. The lowest BCUT2D eigenvalue weighted by Gasteiger charge is -2.28. The van der Waals surface area contributed by atoms with Crippen LogP contribution in [-0.2, 0) is 0 Å². The molecule has 0 unspecified atom stereocenters. The molecule has 284 valence electrons. The Labute approximate surface area is 352 Å². The van der Waals surface area contributed by atoms with Gasteiger partial charge in [-0.2, -0.15) is 0 Å². The zero-order chi connectivity index (χ0) is 40.1. The smallest absolute Gasteiger partial charge is 0.0463 e. The second kappa shape index (κ2) is 16.5. The van der Waals surface area contributed by atoms with Crippen LogP contribution in [0.2, 0.25) is 0 Å². The standard InChI is InChI=1S/C58H42N2/c1-5-17-44(18-6-1)57(45-19-7-2-8-20-45)41-43-29-33-51(34-30-43)60(54-39-37-53(38-40-54)59(49-23-9-3-10-24-49)50-25-11-4-12-26-50)52-35-31-46(32-36-52)58-55-27-15-13-21-47(55)42-48-22-14-16-28-56(48)58/h1-42H. The van der Waals surface area contributed by atoms with Gasteiger partial charge >= 0.3 is 0 Å². The van der Waals surface area contributed by atoms with Gasteiger partial charge in [0.1, 0.15) is 0 Å². The van der Waals surface area contributed by atoms with Gasteiger partial charge in [-0.05, 0) is 140 Å². The maximum atomic E-state index is 2.35. The van der Waals surface area contributed by atoms with Crippen molar-refractivity contribution in [1.29, 1.82) is 0 Å². The molecule has 0 N–H and O–H groups in total. The highest BCUT2D eigenvalue weighted by molar-refractivity contribution is 6.12. The van der Waals surface area contributed by atoms with Crippen molar-refractivity contribution in [3.63, 3.8) is 0 Å². The average molecular weight is 767 g/mol. The minimum absolute atomic E-state index is 1.07. The van der Waals surface area contributed by atoms with E-state index in [1.54, 1.807) is 0 Å². The van der Waals surface area contributed by atoms with Crippen LogP contribution >= 0.6 is 0 Å². The summed E-state index contributed by atoms with van der Waals surface area (Å²) in [6.45, 7) is 0. The first-order valence-electron chi connectivity index (χ1n) is 20.5. The predicted molar refractivity (Wildman–Crippen MR) is 256 cm³/mol. The molecule has 0 aliphatic heterocycles. The monoisotopic (exact) mass is 766 g/mol. The summed E-state index contributed by atoms with van der Waals surface area (Å²) < 4.78 is 0. The van der Waals surface area contributed by atoms with Crippen molar-refractivity contribution in [2.24, 2.45) is 0 Å². The second-order valence-corrected chi connectivity index (χ2v) is 15.0. The highest BCUT2D eigenvalue weighted by Crippen LogP contribution is 2.42. The van der Waals surface area contributed by atoms with Gasteiger partial charge in [0.25, 0.3) is 0 Å². The van der Waals surface area contributed by atoms with E-state index < -0.39 is 0 Å². The fourth-order valence-corrected chi connectivity index (χ4v) is 8.36. The van der Waals surface area contributed by atoms with E-state index in [0.717, 1.165) is 39.7 Å². The number of fused-ring (bicyclic) bond motifs is 2. The minimum atomic E-state index is 1.07. The van der Waals surface area contributed by atoms with Gasteiger partial charge in [-0.1, -0.05) is 170 Å². The van der Waals surface area contributed by atoms with Crippen LogP contribution < -0.4 is 9.80 Å². The fraction of sp³-hybridized carbons (Fsp3) is 0. The topological polar surface area (TPSA) is 6.48 Å². The lowest BCUT2D eigenvalue weighted by Crippen LogP contribution is -2.12. The van der Waals surface area contributed by atoms with Gasteiger partial charge in [0.15, 0.2) is 0 Å². The van der Waals surface area contributed by atoms with Crippen molar-refractivity contribution in [3.8, 4) is 11.1 Å². The van der Waals surface area contributed by atoms with E-state index in [4.69, 9.17) is 0 Å². The molecule has 0 spiro atoms. The van der Waals surface area contributed by atoms with E-state index >= 15 is 0 Å². The van der Waals surface area contributed by atoms with Crippen LogP contribution in [0.3, 0.4) is 0 Å². The first kappa shape index (κ1) is 36.4. The molecule has 10 aromatic rings. The van der Waals surface area contributed by atoms with Crippen molar-refractivity contribution >= 4 is 67.3 Å². The zero-order valence-corrected chi connectivity index (χ0v) is 33.1. The zero-order valence-electron chi connectivity index (χ0n) is 33.1. The van der Waals surface area contributed by atoms with Crippen LogP contribution in [-0.4, -0.2) is 0 Å². The maximum absolute atomic E-state index is 2.35. The average Bonchev–Trinajstić information content (AvgIpc) is 3.33. The molecule has 10 aromatic carbocycles. The summed E-state index contributed by atoms with van der Waals surface area (Å²) in [5.74, 6) is 0. The Bertz CT molecular complexity index is 2900. The van der Waals surface area contributed by atoms with Gasteiger partial charge in [0.05, 0.1) is 0 Å². The normalized spacial score (nSPS) is 11.0. The lowest BCUT2D eigenvalue weighted by molar-refractivity contribution is 1.25. The number of hydrogen-bond acceptors (Lipinski definition) is 2. The molecule has 0 aliphatic rings. The summed E-state index contributed by atoms with van der Waals surface area (Å²) in [5.41, 5.74) is 13.7. The third-order valence-corrected chi connectivity index (χ3v) is 11.2. The van der Waals surface area contributed by atoms with Gasteiger partial charge < -0.3 is 9.80 Å². The molecule has 0 radical (unpaired) electrons. The molecule has 2 heteroatoms. The Balaban J connectivity index is 1.07. The molecule has 0 heterocycles. The van der Waals surface area contributed by atoms with Crippen LogP contribution in [0.15, 0.2) is 249 Å². The largest absolute Gasteiger partial charge is 0.311 e. The lowest BCUT2D eigenvalue weighted by atomic mass is 9.92. The van der Waals surface area contributed by atoms with Gasteiger partial charge in [-0.3, -0.25) is 0 Å². The third kappa shape index (κ3) is 7.35. The summed E-state index contributed by atoms with van der Waals surface area (Å²) in [7, 11) is 0. The summed E-state index contributed by atoms with van der Waals surface area (Å²) in [5, 5.41) is 5.00. The second-order valence-electron chi connectivity index (χ2n) is 15.0. The Morgan fingerprint density at radius 3 is 1.07 bits per heavy atom. The van der Waals surface area contributed by atoms with Crippen LogP contribution in [0.4, 0.5) is 34.1 Å². The van der Waals surface area contributed by atoms with Crippen molar-refractivity contribution in [3.05, 3.63) is 265 Å². The number of nitrogens with zero attached hydrogens (tertiary/aromatic N) is 2. The number of benzene rings is 10. The Morgan fingerprint density at radius 2 is 0.633 bits per heavy atom. The van der Waals surface area contributed by atoms with E-state index in [9.17, 15) is 0 Å². The van der Waals surface area contributed by atoms with Crippen LogP contribution in [0, 0.1) is 0 Å². The van der Waals surface area contributed by atoms with E-state index in [2.05, 4.69) is 265 Å². The van der Waals surface area contributed by atoms with Crippen molar-refractivity contribution < 1.29 is 0 Å². The third-order valence-electron chi connectivity index (χ3n) is 11.2. The molecule has 0 amide bonds. The summed E-state index contributed by atoms with van der Waals surface area (Å²) in [6, 6.07) is 89.0. The number of rotatable bonds is 10. The quantitative estimate of drug-likeness (QED) is 0.101. The van der Waals surface area contributed by atoms with Gasteiger partial charge in [0.2, 0.25) is 0 Å². The highest BCUT2D eigenvalue weighted by Gasteiger charge is 2.17. The number of anilines is 6. The van der Waals surface area contributed by atoms with Crippen molar-refractivity contribution in [1.82, 2.24) is 0 Å². The van der Waals surface area contributed by atoms with E-state index in [-0.39, 0.29) is 0 Å². The molecular weight excluding hydrogens is 725 g/mol. The molecule has 0 bridgehead atoms. The van der Waals surface area contributed by atoms with E-state index in [0.29, 0.717) is 0 Å². The summed E-state index contributed by atoms with van der Waals surface area (Å²) >= 11 is 0. The molecule has 0 aromatic heterocycles. The molecule has 0 fully saturated rings. The Hall–Kier alpha value is -7.94. The van der Waals surface area contributed by atoms with Crippen LogP contribution in [0.1, 0.15) is 16.7 Å². The number of hydrogen-bond donors (Lipinski definition) is 0. The first-order valence-corrected chi connectivity index (χ1v) is 20.5. The fourth-order valence-electron chi connectivity index (χ4n) is 8.36. The van der Waals surface area contributed by atoms with Crippen molar-refractivity contribution in [2.75, 3.05) is 9.80 Å². The molecule has 0 saturated carbocycles. The minimum Gasteiger partial charge on any atom is -0.311 e. The van der Waals surface area contributed by atoms with Crippen molar-refractivity contribution in [2.45, 2.75) is 0 Å². The van der Waals surface area contributed by atoms with Crippen LogP contribution in [0.25, 0.3) is 44.3 Å². The summed E-state index contributed by atoms with van der Waals surface area (Å²) in [4.78, 5) is 4.66. The molecule has 0 aliphatic carbocycles. The SMILES string of the molecule is C(=C(c1ccccc1)c1ccccc1)c1ccc(N(c2ccc(-c3c4ccccc4cc4ccccc34)cc2)c2ccc(N(c3ccccc3)c3ccccc3)cc2)cc1. The first-order chi connectivity index (χ1) is 29.8. The number of para-hydroxylation sites is 2. The van der Waals surface area contributed by atoms with Gasteiger partial charge in [0, 0.05) is 34.1 Å². The molecule has 60 heavy (non-hydrogen) atoms. The molecule has 0 atom stereocenters.